The molecule has 0 radical (unpaired) electrons. The first kappa shape index (κ1) is 17.0. The van der Waals surface area contributed by atoms with Gasteiger partial charge in [-0.15, -0.1) is 0 Å². The second-order valence-electron chi connectivity index (χ2n) is 5.86. The van der Waals surface area contributed by atoms with Crippen LogP contribution in [0.3, 0.4) is 0 Å². The van der Waals surface area contributed by atoms with E-state index in [4.69, 9.17) is 11.6 Å². The summed E-state index contributed by atoms with van der Waals surface area (Å²) >= 11 is 6.03. The van der Waals surface area contributed by atoms with Crippen LogP contribution in [-0.4, -0.2) is 19.9 Å². The van der Waals surface area contributed by atoms with Crippen LogP contribution in [0.25, 0.3) is 10.9 Å². The fourth-order valence-corrected chi connectivity index (χ4v) is 4.17. The third-order valence-electron chi connectivity index (χ3n) is 3.94. The summed E-state index contributed by atoms with van der Waals surface area (Å²) in [4.78, 5) is 3.22. The molecule has 0 aliphatic rings. The highest BCUT2D eigenvalue weighted by Gasteiger charge is 2.13. The average Bonchev–Trinajstić information content (AvgIpc) is 2.92. The highest BCUT2D eigenvalue weighted by atomic mass is 35.5. The van der Waals surface area contributed by atoms with Crippen molar-refractivity contribution in [1.29, 1.82) is 0 Å². The molecule has 0 saturated heterocycles. The molecular weight excluding hydrogens is 344 g/mol. The minimum atomic E-state index is -3.42. The number of rotatable bonds is 6. The Kier molecular flexibility index (Phi) is 4.94. The topological polar surface area (TPSA) is 62.0 Å². The minimum Gasteiger partial charge on any atom is -0.361 e. The van der Waals surface area contributed by atoms with Gasteiger partial charge in [0.25, 0.3) is 0 Å². The molecule has 0 amide bonds. The molecule has 0 unspecified atom stereocenters. The molecule has 3 aromatic rings. The Morgan fingerprint density at radius 1 is 1.12 bits per heavy atom. The molecule has 0 aliphatic heterocycles. The first-order valence-corrected chi connectivity index (χ1v) is 9.75. The van der Waals surface area contributed by atoms with Gasteiger partial charge in [-0.2, -0.15) is 0 Å². The van der Waals surface area contributed by atoms with Crippen molar-refractivity contribution in [3.05, 3.63) is 70.4 Å². The van der Waals surface area contributed by atoms with Gasteiger partial charge in [0.15, 0.2) is 0 Å². The Morgan fingerprint density at radius 3 is 2.71 bits per heavy atom. The van der Waals surface area contributed by atoms with Crippen molar-refractivity contribution in [3.8, 4) is 0 Å². The third-order valence-corrected chi connectivity index (χ3v) is 5.65. The number of hydrogen-bond acceptors (Lipinski definition) is 2. The summed E-state index contributed by atoms with van der Waals surface area (Å²) in [5.41, 5.74) is 3.96. The summed E-state index contributed by atoms with van der Waals surface area (Å²) in [6.45, 7) is 2.40. The zero-order valence-corrected chi connectivity index (χ0v) is 14.9. The average molecular weight is 363 g/mol. The van der Waals surface area contributed by atoms with Crippen molar-refractivity contribution >= 4 is 32.5 Å². The van der Waals surface area contributed by atoms with Crippen LogP contribution in [0.1, 0.15) is 16.7 Å². The van der Waals surface area contributed by atoms with E-state index in [1.807, 2.05) is 19.2 Å². The zero-order valence-electron chi connectivity index (χ0n) is 13.3. The maximum absolute atomic E-state index is 12.2. The highest BCUT2D eigenvalue weighted by molar-refractivity contribution is 7.88. The van der Waals surface area contributed by atoms with E-state index in [2.05, 4.69) is 21.8 Å². The Hall–Kier alpha value is -1.82. The summed E-state index contributed by atoms with van der Waals surface area (Å²) < 4.78 is 27.1. The summed E-state index contributed by atoms with van der Waals surface area (Å²) in [5, 5.41) is 1.61. The number of H-pyrrole nitrogens is 1. The minimum absolute atomic E-state index is 0.111. The molecule has 2 N–H and O–H groups in total. The molecule has 2 aromatic carbocycles. The first-order chi connectivity index (χ1) is 11.4. The van der Waals surface area contributed by atoms with Gasteiger partial charge in [-0.1, -0.05) is 41.4 Å². The second-order valence-corrected chi connectivity index (χ2v) is 8.07. The summed E-state index contributed by atoms with van der Waals surface area (Å²) in [6, 6.07) is 13.2. The molecule has 0 spiro atoms. The van der Waals surface area contributed by atoms with Crippen molar-refractivity contribution in [2.45, 2.75) is 19.1 Å². The van der Waals surface area contributed by atoms with E-state index in [1.165, 1.54) is 5.56 Å². The molecule has 0 bridgehead atoms. The number of hydrogen-bond donors (Lipinski definition) is 2. The van der Waals surface area contributed by atoms with Crippen LogP contribution >= 0.6 is 11.6 Å². The van der Waals surface area contributed by atoms with Crippen LogP contribution in [0.15, 0.2) is 48.7 Å². The van der Waals surface area contributed by atoms with Crippen molar-refractivity contribution in [2.75, 3.05) is 6.54 Å². The molecule has 0 fully saturated rings. The molecule has 0 saturated carbocycles. The van der Waals surface area contributed by atoms with Gasteiger partial charge in [0.05, 0.1) is 5.75 Å². The number of sulfonamides is 1. The molecule has 1 heterocycles. The largest absolute Gasteiger partial charge is 0.361 e. The lowest BCUT2D eigenvalue weighted by atomic mass is 10.1. The maximum Gasteiger partial charge on any atom is 0.215 e. The van der Waals surface area contributed by atoms with Crippen LogP contribution in [0, 0.1) is 6.92 Å². The SMILES string of the molecule is Cc1ccc2[nH]cc(CCNS(=O)(=O)Cc3ccccc3Cl)c2c1. The van der Waals surface area contributed by atoms with Crippen molar-refractivity contribution in [3.63, 3.8) is 0 Å². The monoisotopic (exact) mass is 362 g/mol. The standard InChI is InChI=1S/C18H19ClN2O2S/c1-13-6-7-18-16(10-13)14(11-20-18)8-9-21-24(22,23)12-15-4-2-3-5-17(15)19/h2-7,10-11,20-21H,8-9,12H2,1H3. The number of fused-ring (bicyclic) bond motifs is 1. The van der Waals surface area contributed by atoms with Gasteiger partial charge >= 0.3 is 0 Å². The van der Waals surface area contributed by atoms with Crippen molar-refractivity contribution in [2.24, 2.45) is 0 Å². The van der Waals surface area contributed by atoms with E-state index in [0.717, 1.165) is 16.5 Å². The summed E-state index contributed by atoms with van der Waals surface area (Å²) in [6.07, 6.45) is 2.57. The van der Waals surface area contributed by atoms with E-state index >= 15 is 0 Å². The van der Waals surface area contributed by atoms with Crippen LogP contribution in [0.4, 0.5) is 0 Å². The maximum atomic E-state index is 12.2. The van der Waals surface area contributed by atoms with Crippen LogP contribution in [-0.2, 0) is 22.2 Å². The number of benzene rings is 2. The molecule has 0 aliphatic carbocycles. The summed E-state index contributed by atoms with van der Waals surface area (Å²) in [5.74, 6) is -0.111. The smallest absolute Gasteiger partial charge is 0.215 e. The van der Waals surface area contributed by atoms with Crippen LogP contribution in [0.5, 0.6) is 0 Å². The van der Waals surface area contributed by atoms with E-state index < -0.39 is 10.0 Å². The number of aromatic amines is 1. The molecule has 6 heteroatoms. The second kappa shape index (κ2) is 6.97. The highest BCUT2D eigenvalue weighted by Crippen LogP contribution is 2.20. The molecule has 4 nitrogen and oxygen atoms in total. The van der Waals surface area contributed by atoms with E-state index in [-0.39, 0.29) is 5.75 Å². The van der Waals surface area contributed by atoms with Gasteiger partial charge in [0.2, 0.25) is 10.0 Å². The lowest BCUT2D eigenvalue weighted by molar-refractivity contribution is 0.581. The fraction of sp³-hybridized carbons (Fsp3) is 0.222. The van der Waals surface area contributed by atoms with Gasteiger partial charge in [-0.05, 0) is 42.7 Å². The van der Waals surface area contributed by atoms with Crippen LogP contribution < -0.4 is 4.72 Å². The third kappa shape index (κ3) is 3.98. The Balaban J connectivity index is 1.64. The zero-order chi connectivity index (χ0) is 17.2. The van der Waals surface area contributed by atoms with Crippen molar-refractivity contribution in [1.82, 2.24) is 9.71 Å². The van der Waals surface area contributed by atoms with Gasteiger partial charge < -0.3 is 4.98 Å². The van der Waals surface area contributed by atoms with E-state index in [9.17, 15) is 8.42 Å². The van der Waals surface area contributed by atoms with Gasteiger partial charge in [0, 0.05) is 28.7 Å². The number of aromatic nitrogens is 1. The molecule has 24 heavy (non-hydrogen) atoms. The molecule has 0 atom stereocenters. The van der Waals surface area contributed by atoms with Gasteiger partial charge in [-0.25, -0.2) is 13.1 Å². The molecule has 1 aromatic heterocycles. The van der Waals surface area contributed by atoms with Gasteiger partial charge in [-0.3, -0.25) is 0 Å². The van der Waals surface area contributed by atoms with E-state index in [1.54, 1.807) is 24.3 Å². The normalized spacial score (nSPS) is 11.9. The van der Waals surface area contributed by atoms with Crippen LogP contribution in [0.2, 0.25) is 5.02 Å². The number of aryl methyl sites for hydroxylation is 1. The molecule has 126 valence electrons. The predicted octanol–water partition coefficient (Wildman–Crippen LogP) is 3.79. The first-order valence-electron chi connectivity index (χ1n) is 7.72. The Labute approximate surface area is 146 Å². The predicted molar refractivity (Wildman–Crippen MR) is 98.8 cm³/mol. The summed E-state index contributed by atoms with van der Waals surface area (Å²) in [7, 11) is -3.42. The molecular formula is C18H19ClN2O2S. The lowest BCUT2D eigenvalue weighted by Gasteiger charge is -2.08. The number of halogens is 1. The quantitative estimate of drug-likeness (QED) is 0.700. The van der Waals surface area contributed by atoms with Crippen molar-refractivity contribution < 1.29 is 8.42 Å². The van der Waals surface area contributed by atoms with Gasteiger partial charge in [0.1, 0.15) is 0 Å². The lowest BCUT2D eigenvalue weighted by Crippen LogP contribution is -2.27. The fourth-order valence-electron chi connectivity index (χ4n) is 2.71. The van der Waals surface area contributed by atoms with E-state index in [0.29, 0.717) is 23.6 Å². The number of nitrogens with one attached hydrogen (secondary N) is 2. The molecule has 3 rings (SSSR count). The Morgan fingerprint density at radius 2 is 1.92 bits per heavy atom. The Bertz CT molecular complexity index is 964.